The minimum absolute atomic E-state index is 0.0322. The maximum Gasteiger partial charge on any atom is 0.169 e. The molecule has 0 amide bonds. The Morgan fingerprint density at radius 1 is 1.00 bits per heavy atom. The summed E-state index contributed by atoms with van der Waals surface area (Å²) in [7, 11) is 0. The van der Waals surface area contributed by atoms with Gasteiger partial charge in [0.25, 0.3) is 0 Å². The molecule has 2 N–H and O–H groups in total. The first-order valence-corrected chi connectivity index (χ1v) is 5.50. The van der Waals surface area contributed by atoms with Crippen molar-refractivity contribution in [2.24, 2.45) is 0 Å². The lowest BCUT2D eigenvalue weighted by molar-refractivity contribution is 0.0993. The number of carbonyl (C=O) groups excluding carboxylic acids is 1. The Kier molecular flexibility index (Phi) is 3.55. The van der Waals surface area contributed by atoms with Gasteiger partial charge in [-0.1, -0.05) is 12.1 Å². The van der Waals surface area contributed by atoms with Gasteiger partial charge >= 0.3 is 0 Å². The summed E-state index contributed by atoms with van der Waals surface area (Å²) in [6.07, 6.45) is -0.176. The lowest BCUT2D eigenvalue weighted by atomic mass is 10.0. The molecule has 0 aliphatic carbocycles. The zero-order chi connectivity index (χ0) is 14.0. The first-order valence-electron chi connectivity index (χ1n) is 5.50. The quantitative estimate of drug-likeness (QED) is 0.684. The molecule has 0 bridgehead atoms. The van der Waals surface area contributed by atoms with E-state index in [2.05, 4.69) is 0 Å². The largest absolute Gasteiger partial charge is 0.396 e. The summed E-state index contributed by atoms with van der Waals surface area (Å²) in [4.78, 5) is 11.9. The van der Waals surface area contributed by atoms with Crippen LogP contribution in [-0.2, 0) is 6.42 Å². The third kappa shape index (κ3) is 2.76. The fourth-order valence-electron chi connectivity index (χ4n) is 1.71. The fourth-order valence-corrected chi connectivity index (χ4v) is 1.71. The second kappa shape index (κ2) is 5.14. The van der Waals surface area contributed by atoms with Gasteiger partial charge in [-0.25, -0.2) is 13.2 Å². The number of Topliss-reactive ketones (excluding diaryl/α,β-unsaturated/α-hetero) is 1. The van der Waals surface area contributed by atoms with E-state index in [4.69, 9.17) is 5.73 Å². The zero-order valence-electron chi connectivity index (χ0n) is 9.79. The summed E-state index contributed by atoms with van der Waals surface area (Å²) in [6.45, 7) is 0. The number of para-hydroxylation sites is 1. The van der Waals surface area contributed by atoms with Gasteiger partial charge in [0.1, 0.15) is 5.82 Å². The van der Waals surface area contributed by atoms with E-state index in [9.17, 15) is 18.0 Å². The molecule has 0 spiro atoms. The van der Waals surface area contributed by atoms with Crippen molar-refractivity contribution in [3.63, 3.8) is 0 Å². The summed E-state index contributed by atoms with van der Waals surface area (Å²) < 4.78 is 39.0. The average molecular weight is 265 g/mol. The minimum Gasteiger partial charge on any atom is -0.396 e. The third-order valence-electron chi connectivity index (χ3n) is 2.70. The van der Waals surface area contributed by atoms with Gasteiger partial charge < -0.3 is 5.73 Å². The minimum atomic E-state index is -1.03. The Labute approximate surface area is 107 Å². The van der Waals surface area contributed by atoms with E-state index >= 15 is 0 Å². The predicted octanol–water partition coefficient (Wildman–Crippen LogP) is 3.11. The first kappa shape index (κ1) is 13.1. The van der Waals surface area contributed by atoms with E-state index in [1.807, 2.05) is 0 Å². The van der Waals surface area contributed by atoms with Gasteiger partial charge in [-0.2, -0.15) is 0 Å². The zero-order valence-corrected chi connectivity index (χ0v) is 9.79. The highest BCUT2D eigenvalue weighted by atomic mass is 19.2. The van der Waals surface area contributed by atoms with Crippen molar-refractivity contribution in [3.05, 3.63) is 65.0 Å². The molecule has 0 saturated carbocycles. The highest BCUT2D eigenvalue weighted by molar-refractivity contribution is 6.01. The molecule has 0 aromatic heterocycles. The van der Waals surface area contributed by atoms with Crippen molar-refractivity contribution in [2.45, 2.75) is 6.42 Å². The van der Waals surface area contributed by atoms with Crippen LogP contribution in [0.3, 0.4) is 0 Å². The lowest BCUT2D eigenvalue weighted by Gasteiger charge is -2.06. The maximum absolute atomic E-state index is 13.2. The number of benzene rings is 2. The monoisotopic (exact) mass is 265 g/mol. The number of halogens is 3. The Hall–Kier alpha value is -2.30. The first-order chi connectivity index (χ1) is 8.99. The molecule has 0 aliphatic heterocycles. The molecule has 2 rings (SSSR count). The van der Waals surface area contributed by atoms with Gasteiger partial charge in [0.15, 0.2) is 17.4 Å². The standard InChI is InChI=1S/C14H10F3NO/c15-10-5-4-8(6-12(10)17)7-13(19)9-2-1-3-11(16)14(9)18/h1-6H,7,18H2. The summed E-state index contributed by atoms with van der Waals surface area (Å²) in [5.74, 6) is -3.15. The van der Waals surface area contributed by atoms with Crippen LogP contribution >= 0.6 is 0 Å². The fraction of sp³-hybridized carbons (Fsp3) is 0.0714. The van der Waals surface area contributed by atoms with Gasteiger partial charge in [-0.3, -0.25) is 4.79 Å². The normalized spacial score (nSPS) is 10.5. The van der Waals surface area contributed by atoms with Crippen molar-refractivity contribution in [1.29, 1.82) is 0 Å². The number of nitrogen functional groups attached to an aromatic ring is 1. The Morgan fingerprint density at radius 3 is 2.42 bits per heavy atom. The smallest absolute Gasteiger partial charge is 0.169 e. The summed E-state index contributed by atoms with van der Waals surface area (Å²) >= 11 is 0. The van der Waals surface area contributed by atoms with Gasteiger partial charge in [0.2, 0.25) is 0 Å². The second-order valence-electron chi connectivity index (χ2n) is 4.05. The van der Waals surface area contributed by atoms with E-state index in [0.29, 0.717) is 5.56 Å². The van der Waals surface area contributed by atoms with E-state index in [0.717, 1.165) is 18.2 Å². The molecular formula is C14H10F3NO. The third-order valence-corrected chi connectivity index (χ3v) is 2.70. The topological polar surface area (TPSA) is 43.1 Å². The van der Waals surface area contributed by atoms with Crippen LogP contribution in [0.25, 0.3) is 0 Å². The Morgan fingerprint density at radius 2 is 1.74 bits per heavy atom. The van der Waals surface area contributed by atoms with Crippen LogP contribution in [0.4, 0.5) is 18.9 Å². The molecule has 0 unspecified atom stereocenters. The second-order valence-corrected chi connectivity index (χ2v) is 4.05. The number of ketones is 1. The van der Waals surface area contributed by atoms with Crippen LogP contribution in [0.5, 0.6) is 0 Å². The molecule has 2 aromatic carbocycles. The molecule has 0 radical (unpaired) electrons. The van der Waals surface area contributed by atoms with Crippen molar-refractivity contribution >= 4 is 11.5 Å². The molecule has 2 nitrogen and oxygen atoms in total. The number of carbonyl (C=O) groups is 1. The van der Waals surface area contributed by atoms with E-state index in [-0.39, 0.29) is 17.7 Å². The van der Waals surface area contributed by atoms with E-state index in [1.54, 1.807) is 0 Å². The van der Waals surface area contributed by atoms with Crippen molar-refractivity contribution < 1.29 is 18.0 Å². The van der Waals surface area contributed by atoms with Gasteiger partial charge in [-0.05, 0) is 29.8 Å². The Balaban J connectivity index is 2.26. The van der Waals surface area contributed by atoms with Crippen LogP contribution < -0.4 is 5.73 Å². The van der Waals surface area contributed by atoms with Crippen molar-refractivity contribution in [2.75, 3.05) is 5.73 Å². The lowest BCUT2D eigenvalue weighted by Crippen LogP contribution is -2.08. The van der Waals surface area contributed by atoms with Crippen LogP contribution in [0.2, 0.25) is 0 Å². The van der Waals surface area contributed by atoms with Gasteiger partial charge in [-0.15, -0.1) is 0 Å². The highest BCUT2D eigenvalue weighted by Gasteiger charge is 2.14. The van der Waals surface area contributed by atoms with E-state index in [1.165, 1.54) is 18.2 Å². The highest BCUT2D eigenvalue weighted by Crippen LogP contribution is 2.18. The molecule has 5 heteroatoms. The number of anilines is 1. The summed E-state index contributed by atoms with van der Waals surface area (Å²) in [5, 5.41) is 0. The maximum atomic E-state index is 13.2. The number of nitrogens with two attached hydrogens (primary N) is 1. The molecule has 0 heterocycles. The Bertz CT molecular complexity index is 641. The molecule has 2 aromatic rings. The van der Waals surface area contributed by atoms with Crippen LogP contribution in [-0.4, -0.2) is 5.78 Å². The van der Waals surface area contributed by atoms with Crippen molar-refractivity contribution in [1.82, 2.24) is 0 Å². The predicted molar refractivity (Wildman–Crippen MR) is 65.2 cm³/mol. The van der Waals surface area contributed by atoms with Crippen LogP contribution in [0, 0.1) is 17.5 Å². The van der Waals surface area contributed by atoms with Crippen LogP contribution in [0.15, 0.2) is 36.4 Å². The molecular weight excluding hydrogens is 255 g/mol. The number of hydrogen-bond donors (Lipinski definition) is 1. The van der Waals surface area contributed by atoms with Crippen LogP contribution in [0.1, 0.15) is 15.9 Å². The number of rotatable bonds is 3. The van der Waals surface area contributed by atoms with Gasteiger partial charge in [0, 0.05) is 12.0 Å². The summed E-state index contributed by atoms with van der Waals surface area (Å²) in [6, 6.07) is 7.07. The average Bonchev–Trinajstić information content (AvgIpc) is 2.37. The summed E-state index contributed by atoms with van der Waals surface area (Å²) in [5.41, 5.74) is 5.55. The molecule has 0 fully saturated rings. The van der Waals surface area contributed by atoms with E-state index < -0.39 is 23.2 Å². The molecule has 19 heavy (non-hydrogen) atoms. The molecule has 0 aliphatic rings. The molecule has 0 atom stereocenters. The molecule has 0 saturated heterocycles. The van der Waals surface area contributed by atoms with Crippen molar-refractivity contribution in [3.8, 4) is 0 Å². The number of hydrogen-bond acceptors (Lipinski definition) is 2. The van der Waals surface area contributed by atoms with Gasteiger partial charge in [0.05, 0.1) is 5.69 Å². The SMILES string of the molecule is Nc1c(F)cccc1C(=O)Cc1ccc(F)c(F)c1. The molecule has 98 valence electrons.